The molecule has 1 atom stereocenters. The third-order valence-electron chi connectivity index (χ3n) is 4.78. The van der Waals surface area contributed by atoms with Crippen LogP contribution in [0.2, 0.25) is 0 Å². The number of hydrogen-bond donors (Lipinski definition) is 0. The van der Waals surface area contributed by atoms with E-state index in [1.807, 2.05) is 31.2 Å². The van der Waals surface area contributed by atoms with Crippen molar-refractivity contribution in [2.24, 2.45) is 5.92 Å². The van der Waals surface area contributed by atoms with Crippen LogP contribution >= 0.6 is 0 Å². The van der Waals surface area contributed by atoms with Gasteiger partial charge in [0, 0.05) is 12.2 Å². The van der Waals surface area contributed by atoms with Crippen LogP contribution in [0, 0.1) is 5.92 Å². The van der Waals surface area contributed by atoms with Crippen molar-refractivity contribution in [1.29, 1.82) is 0 Å². The molecule has 0 saturated heterocycles. The molecule has 1 unspecified atom stereocenters. The minimum Gasteiger partial charge on any atom is -0.493 e. The van der Waals surface area contributed by atoms with E-state index in [0.717, 1.165) is 24.2 Å². The summed E-state index contributed by atoms with van der Waals surface area (Å²) >= 11 is 0. The van der Waals surface area contributed by atoms with Crippen molar-refractivity contribution < 1.29 is 14.0 Å². The normalized spacial score (nSPS) is 12.9. The fourth-order valence-electron chi connectivity index (χ4n) is 2.56. The van der Waals surface area contributed by atoms with Crippen LogP contribution in [-0.2, 0) is 9.31 Å². The lowest BCUT2D eigenvalue weighted by molar-refractivity contribution is 0.0706. The summed E-state index contributed by atoms with van der Waals surface area (Å²) in [5.74, 6) is 1.56. The van der Waals surface area contributed by atoms with E-state index in [4.69, 9.17) is 14.0 Å². The molecule has 1 aromatic carbocycles. The van der Waals surface area contributed by atoms with Crippen LogP contribution in [-0.4, -0.2) is 25.9 Å². The van der Waals surface area contributed by atoms with Gasteiger partial charge >= 0.3 is 7.12 Å². The average Bonchev–Trinajstić information content (AvgIpc) is 2.62. The molecule has 4 heteroatoms. The van der Waals surface area contributed by atoms with Gasteiger partial charge < -0.3 is 14.0 Å². The molecule has 1 aromatic rings. The molecule has 0 fully saturated rings. The second-order valence-corrected chi connectivity index (χ2v) is 7.31. The topological polar surface area (TPSA) is 27.7 Å². The van der Waals surface area contributed by atoms with Gasteiger partial charge in [-0.1, -0.05) is 52.2 Å². The molecule has 0 spiro atoms. The van der Waals surface area contributed by atoms with Crippen molar-refractivity contribution in [1.82, 2.24) is 0 Å². The van der Waals surface area contributed by atoms with E-state index in [9.17, 15) is 0 Å². The van der Waals surface area contributed by atoms with Gasteiger partial charge in [0.2, 0.25) is 0 Å². The second-order valence-electron chi connectivity index (χ2n) is 7.31. The summed E-state index contributed by atoms with van der Waals surface area (Å²) in [7, 11) is -0.332. The highest BCUT2D eigenvalue weighted by Crippen LogP contribution is 2.18. The Balaban J connectivity index is 2.65. The van der Waals surface area contributed by atoms with E-state index < -0.39 is 0 Å². The lowest BCUT2D eigenvalue weighted by Gasteiger charge is -2.28. The molecule has 0 saturated carbocycles. The minimum atomic E-state index is -0.332. The lowest BCUT2D eigenvalue weighted by Crippen LogP contribution is -2.43. The molecule has 0 aliphatic carbocycles. The van der Waals surface area contributed by atoms with E-state index in [2.05, 4.69) is 34.6 Å². The highest BCUT2D eigenvalue weighted by molar-refractivity contribution is 6.61. The van der Waals surface area contributed by atoms with Crippen molar-refractivity contribution in [3.63, 3.8) is 0 Å². The first-order valence-electron chi connectivity index (χ1n) is 9.97. The molecule has 0 N–H and O–H groups in total. The molecule has 0 radical (unpaired) electrons. The van der Waals surface area contributed by atoms with Crippen molar-refractivity contribution in [2.75, 3.05) is 13.2 Å². The van der Waals surface area contributed by atoms with Gasteiger partial charge in [-0.05, 0) is 57.1 Å². The van der Waals surface area contributed by atoms with Gasteiger partial charge in [-0.2, -0.15) is 0 Å². The second kappa shape index (κ2) is 11.6. The van der Waals surface area contributed by atoms with E-state index in [1.165, 1.54) is 25.7 Å². The number of hydrogen-bond acceptors (Lipinski definition) is 3. The van der Waals surface area contributed by atoms with Gasteiger partial charge in [-0.3, -0.25) is 0 Å². The predicted molar refractivity (Wildman–Crippen MR) is 108 cm³/mol. The summed E-state index contributed by atoms with van der Waals surface area (Å²) in [4.78, 5) is 0. The van der Waals surface area contributed by atoms with E-state index in [-0.39, 0.29) is 12.7 Å². The Morgan fingerprint density at radius 2 is 1.72 bits per heavy atom. The largest absolute Gasteiger partial charge is 0.494 e. The molecule has 0 aromatic heterocycles. The number of rotatable bonds is 13. The predicted octanol–water partition coefficient (Wildman–Crippen LogP) is 5.22. The zero-order chi connectivity index (χ0) is 18.7. The smallest absolute Gasteiger partial charge is 0.493 e. The summed E-state index contributed by atoms with van der Waals surface area (Å²) in [5, 5.41) is 0. The highest BCUT2D eigenvalue weighted by Gasteiger charge is 2.28. The maximum atomic E-state index is 6.15. The minimum absolute atomic E-state index is 0.206. The number of benzene rings is 1. The van der Waals surface area contributed by atoms with Crippen LogP contribution < -0.4 is 10.2 Å². The van der Waals surface area contributed by atoms with Crippen LogP contribution in [0.3, 0.4) is 0 Å². The Kier molecular flexibility index (Phi) is 10.2. The SMILES string of the molecule is CCCCC(CC)COc1ccc(B(OCC)OC(C)(C)CC)cc1. The van der Waals surface area contributed by atoms with Gasteiger partial charge in [0.15, 0.2) is 0 Å². The highest BCUT2D eigenvalue weighted by atomic mass is 16.6. The lowest BCUT2D eigenvalue weighted by atomic mass is 9.77. The molecule has 142 valence electrons. The van der Waals surface area contributed by atoms with Crippen LogP contribution in [0.25, 0.3) is 0 Å². The quantitative estimate of drug-likeness (QED) is 0.458. The Morgan fingerprint density at radius 1 is 1.04 bits per heavy atom. The third kappa shape index (κ3) is 8.28. The van der Waals surface area contributed by atoms with Gasteiger partial charge in [0.1, 0.15) is 5.75 Å². The summed E-state index contributed by atoms with van der Waals surface area (Å²) in [6.45, 7) is 14.2. The molecular weight excluding hydrogens is 311 g/mol. The molecule has 25 heavy (non-hydrogen) atoms. The zero-order valence-electron chi connectivity index (χ0n) is 17.1. The Labute approximate surface area is 155 Å². The molecule has 0 aliphatic heterocycles. The summed E-state index contributed by atoms with van der Waals surface area (Å²) in [6, 6.07) is 8.15. The third-order valence-corrected chi connectivity index (χ3v) is 4.78. The standard InChI is InChI=1S/C21H37BO3/c1-7-11-12-18(8-2)17-23-20-15-13-19(14-16-20)22(24-10-4)25-21(5,6)9-3/h13-16,18H,7-12,17H2,1-6H3. The first-order valence-corrected chi connectivity index (χ1v) is 9.97. The summed E-state index contributed by atoms with van der Waals surface area (Å²) in [5.41, 5.74) is 0.830. The van der Waals surface area contributed by atoms with Gasteiger partial charge in [0.05, 0.1) is 6.61 Å². The van der Waals surface area contributed by atoms with Crippen molar-refractivity contribution in [2.45, 2.75) is 79.2 Å². The molecule has 1 rings (SSSR count). The van der Waals surface area contributed by atoms with Crippen LogP contribution in [0.1, 0.15) is 73.6 Å². The maximum absolute atomic E-state index is 6.15. The first-order chi connectivity index (χ1) is 12.0. The Morgan fingerprint density at radius 3 is 2.24 bits per heavy atom. The van der Waals surface area contributed by atoms with Gasteiger partial charge in [-0.25, -0.2) is 0 Å². The molecule has 0 heterocycles. The summed E-state index contributed by atoms with van der Waals surface area (Å²) < 4.78 is 17.9. The first kappa shape index (κ1) is 22.0. The molecule has 0 aliphatic rings. The van der Waals surface area contributed by atoms with E-state index >= 15 is 0 Å². The van der Waals surface area contributed by atoms with Crippen LogP contribution in [0.4, 0.5) is 0 Å². The Bertz CT molecular complexity index is 459. The summed E-state index contributed by atoms with van der Waals surface area (Å²) in [6.07, 6.45) is 5.88. The van der Waals surface area contributed by atoms with Crippen molar-refractivity contribution >= 4 is 12.6 Å². The van der Waals surface area contributed by atoms with Crippen molar-refractivity contribution in [3.8, 4) is 5.75 Å². The van der Waals surface area contributed by atoms with E-state index in [1.54, 1.807) is 0 Å². The van der Waals surface area contributed by atoms with Crippen LogP contribution in [0.5, 0.6) is 5.75 Å². The molecule has 0 bridgehead atoms. The van der Waals surface area contributed by atoms with Gasteiger partial charge in [0.25, 0.3) is 0 Å². The number of ether oxygens (including phenoxy) is 1. The molecular formula is C21H37BO3. The Hall–Kier alpha value is -0.995. The van der Waals surface area contributed by atoms with Crippen molar-refractivity contribution in [3.05, 3.63) is 24.3 Å². The van der Waals surface area contributed by atoms with Gasteiger partial charge in [-0.15, -0.1) is 0 Å². The zero-order valence-corrected chi connectivity index (χ0v) is 17.1. The fourth-order valence-corrected chi connectivity index (χ4v) is 2.56. The maximum Gasteiger partial charge on any atom is 0.494 e. The molecule has 3 nitrogen and oxygen atoms in total. The fraction of sp³-hybridized carbons (Fsp3) is 0.714. The molecule has 0 amide bonds. The number of unbranched alkanes of at least 4 members (excludes halogenated alkanes) is 1. The van der Waals surface area contributed by atoms with E-state index in [0.29, 0.717) is 12.5 Å². The monoisotopic (exact) mass is 348 g/mol. The van der Waals surface area contributed by atoms with Crippen LogP contribution in [0.15, 0.2) is 24.3 Å². The average molecular weight is 348 g/mol.